The molecular formula is C33H31N3O7S. The van der Waals surface area contributed by atoms with E-state index in [-0.39, 0.29) is 28.0 Å². The number of fused-ring (bicyclic) bond motifs is 1. The first kappa shape index (κ1) is 30.4. The average Bonchev–Trinajstić information content (AvgIpc) is 3.33. The Morgan fingerprint density at radius 1 is 1.09 bits per heavy atom. The molecule has 0 spiro atoms. The van der Waals surface area contributed by atoms with Crippen LogP contribution in [-0.2, 0) is 16.1 Å². The lowest BCUT2D eigenvalue weighted by Crippen LogP contribution is -2.40. The molecule has 0 N–H and O–H groups in total. The van der Waals surface area contributed by atoms with Crippen molar-refractivity contribution in [2.45, 2.75) is 39.3 Å². The number of aromatic nitrogens is 1. The number of nitro groups is 1. The molecule has 0 radical (unpaired) electrons. The number of hydrogen-bond donors (Lipinski definition) is 0. The summed E-state index contributed by atoms with van der Waals surface area (Å²) in [7, 11) is 1.53. The summed E-state index contributed by atoms with van der Waals surface area (Å²) in [5.74, 6) is 0.380. The van der Waals surface area contributed by atoms with Gasteiger partial charge in [-0.3, -0.25) is 19.5 Å². The summed E-state index contributed by atoms with van der Waals surface area (Å²) in [6, 6.07) is 19.9. The van der Waals surface area contributed by atoms with Crippen molar-refractivity contribution in [3.05, 3.63) is 131 Å². The number of nitrogens with zero attached hydrogens (tertiary/aromatic N) is 3. The predicted octanol–water partition coefficient (Wildman–Crippen LogP) is 5.07. The molecule has 0 bridgehead atoms. The lowest BCUT2D eigenvalue weighted by Gasteiger charge is -2.25. The number of para-hydroxylation sites is 1. The Labute approximate surface area is 257 Å². The number of esters is 1. The molecule has 1 aliphatic heterocycles. The summed E-state index contributed by atoms with van der Waals surface area (Å²) in [5.41, 5.74) is 1.71. The summed E-state index contributed by atoms with van der Waals surface area (Å²) < 4.78 is 19.0. The molecule has 2 heterocycles. The highest BCUT2D eigenvalue weighted by molar-refractivity contribution is 7.07. The number of hydrogen-bond acceptors (Lipinski definition) is 9. The first-order chi connectivity index (χ1) is 21.3. The summed E-state index contributed by atoms with van der Waals surface area (Å²) in [5, 5.41) is 11.6. The van der Waals surface area contributed by atoms with Crippen molar-refractivity contribution in [2.75, 3.05) is 13.7 Å². The summed E-state index contributed by atoms with van der Waals surface area (Å²) in [6.07, 6.45) is 3.33. The molecule has 11 heteroatoms. The van der Waals surface area contributed by atoms with E-state index in [0.29, 0.717) is 34.2 Å². The molecule has 0 amide bonds. The first-order valence-electron chi connectivity index (χ1n) is 14.1. The van der Waals surface area contributed by atoms with E-state index in [4.69, 9.17) is 14.2 Å². The molecule has 226 valence electrons. The highest BCUT2D eigenvalue weighted by Crippen LogP contribution is 2.36. The highest BCUT2D eigenvalue weighted by atomic mass is 32.1. The van der Waals surface area contributed by atoms with Crippen LogP contribution in [0.1, 0.15) is 49.4 Å². The lowest BCUT2D eigenvalue weighted by atomic mass is 9.95. The van der Waals surface area contributed by atoms with E-state index in [1.54, 1.807) is 43.3 Å². The molecule has 1 atom stereocenters. The standard InChI is InChI=1S/C33H31N3O7S/c1-4-5-17-42-26-16-15-24(18-27(26)41-3)30-29(32(38)43-20-22-11-7-6-8-12-22)21(2)34-33-35(30)31(37)28(44-33)19-23-13-9-10-14-25(23)36(39)40/h6-16,18-19,30H,4-5,17,20H2,1-3H3/b28-19-. The Morgan fingerprint density at radius 3 is 2.57 bits per heavy atom. The van der Waals surface area contributed by atoms with E-state index < -0.39 is 22.5 Å². The summed E-state index contributed by atoms with van der Waals surface area (Å²) >= 11 is 1.09. The van der Waals surface area contributed by atoms with Crippen molar-refractivity contribution in [3.8, 4) is 11.5 Å². The molecule has 3 aromatic carbocycles. The molecule has 44 heavy (non-hydrogen) atoms. The van der Waals surface area contributed by atoms with Crippen molar-refractivity contribution in [2.24, 2.45) is 4.99 Å². The van der Waals surface area contributed by atoms with Crippen LogP contribution in [-0.4, -0.2) is 29.2 Å². The molecule has 0 saturated carbocycles. The first-order valence-corrected chi connectivity index (χ1v) is 14.9. The molecule has 0 fully saturated rings. The SMILES string of the molecule is CCCCOc1ccc(C2C(C(=O)OCc3ccccc3)=C(C)N=c3s/c(=C\c4ccccc4[N+](=O)[O-])c(=O)n32)cc1OC. The van der Waals surface area contributed by atoms with Gasteiger partial charge in [-0.25, -0.2) is 9.79 Å². The monoisotopic (exact) mass is 613 g/mol. The fourth-order valence-corrected chi connectivity index (χ4v) is 5.95. The van der Waals surface area contributed by atoms with Crippen molar-refractivity contribution in [1.29, 1.82) is 0 Å². The third kappa shape index (κ3) is 6.32. The number of allylic oxidation sites excluding steroid dienone is 1. The zero-order valence-corrected chi connectivity index (χ0v) is 25.3. The number of unbranched alkanes of at least 4 members (excludes halogenated alkanes) is 1. The van der Waals surface area contributed by atoms with Crippen LogP contribution in [0.2, 0.25) is 0 Å². The van der Waals surface area contributed by atoms with Gasteiger partial charge in [-0.1, -0.05) is 73.2 Å². The van der Waals surface area contributed by atoms with Crippen LogP contribution < -0.4 is 24.4 Å². The number of benzene rings is 3. The number of carbonyl (C=O) groups excluding carboxylic acids is 1. The fraction of sp³-hybridized carbons (Fsp3) is 0.242. The smallest absolute Gasteiger partial charge is 0.338 e. The molecular weight excluding hydrogens is 582 g/mol. The van der Waals surface area contributed by atoms with Crippen LogP contribution in [0.4, 0.5) is 5.69 Å². The third-order valence-electron chi connectivity index (χ3n) is 7.13. The highest BCUT2D eigenvalue weighted by Gasteiger charge is 2.34. The molecule has 1 aromatic heterocycles. The minimum Gasteiger partial charge on any atom is -0.493 e. The van der Waals surface area contributed by atoms with Gasteiger partial charge >= 0.3 is 5.97 Å². The molecule has 1 aliphatic rings. The van der Waals surface area contributed by atoms with Gasteiger partial charge in [0.1, 0.15) is 6.61 Å². The van der Waals surface area contributed by atoms with Crippen molar-refractivity contribution in [3.63, 3.8) is 0 Å². The Bertz CT molecular complexity index is 1910. The fourth-order valence-electron chi connectivity index (χ4n) is 4.92. The molecule has 0 aliphatic carbocycles. The molecule has 4 aromatic rings. The van der Waals surface area contributed by atoms with E-state index >= 15 is 0 Å². The van der Waals surface area contributed by atoms with Gasteiger partial charge in [-0.05, 0) is 48.7 Å². The van der Waals surface area contributed by atoms with E-state index in [0.717, 1.165) is 29.7 Å². The number of ether oxygens (including phenoxy) is 3. The number of methoxy groups -OCH3 is 1. The molecule has 10 nitrogen and oxygen atoms in total. The summed E-state index contributed by atoms with van der Waals surface area (Å²) in [4.78, 5) is 43.8. The maximum Gasteiger partial charge on any atom is 0.338 e. The largest absolute Gasteiger partial charge is 0.493 e. The lowest BCUT2D eigenvalue weighted by molar-refractivity contribution is -0.385. The molecule has 5 rings (SSSR count). The van der Waals surface area contributed by atoms with Crippen LogP contribution in [0.3, 0.4) is 0 Å². The maximum absolute atomic E-state index is 14.0. The van der Waals surface area contributed by atoms with Gasteiger partial charge < -0.3 is 14.2 Å². The van der Waals surface area contributed by atoms with Gasteiger partial charge in [0.15, 0.2) is 16.3 Å². The van der Waals surface area contributed by atoms with Crippen molar-refractivity contribution in [1.82, 2.24) is 4.57 Å². The Morgan fingerprint density at radius 2 is 1.84 bits per heavy atom. The van der Waals surface area contributed by atoms with Gasteiger partial charge in [0.25, 0.3) is 11.2 Å². The second-order valence-corrected chi connectivity index (χ2v) is 11.1. The van der Waals surface area contributed by atoms with Crippen LogP contribution in [0.5, 0.6) is 11.5 Å². The second kappa shape index (κ2) is 13.5. The van der Waals surface area contributed by atoms with E-state index in [1.165, 1.54) is 23.8 Å². The summed E-state index contributed by atoms with van der Waals surface area (Å²) in [6.45, 7) is 4.33. The number of nitro benzene ring substituents is 1. The zero-order chi connectivity index (χ0) is 31.2. The maximum atomic E-state index is 14.0. The molecule has 1 unspecified atom stereocenters. The van der Waals surface area contributed by atoms with E-state index in [9.17, 15) is 19.7 Å². The van der Waals surface area contributed by atoms with E-state index in [1.807, 2.05) is 30.3 Å². The van der Waals surface area contributed by atoms with Gasteiger partial charge in [0.2, 0.25) is 0 Å². The molecule has 0 saturated heterocycles. The van der Waals surface area contributed by atoms with Gasteiger partial charge in [-0.15, -0.1) is 0 Å². The van der Waals surface area contributed by atoms with Crippen LogP contribution in [0.15, 0.2) is 93.9 Å². The topological polar surface area (TPSA) is 122 Å². The number of carbonyl (C=O) groups is 1. The van der Waals surface area contributed by atoms with E-state index in [2.05, 4.69) is 11.9 Å². The van der Waals surface area contributed by atoms with Gasteiger partial charge in [0.05, 0.1) is 46.0 Å². The van der Waals surface area contributed by atoms with Gasteiger partial charge in [0, 0.05) is 6.07 Å². The Kier molecular flexibility index (Phi) is 9.35. The van der Waals surface area contributed by atoms with Gasteiger partial charge in [-0.2, -0.15) is 0 Å². The second-order valence-electron chi connectivity index (χ2n) is 10.1. The minimum atomic E-state index is -0.902. The van der Waals surface area contributed by atoms with Crippen LogP contribution in [0, 0.1) is 10.1 Å². The zero-order valence-electron chi connectivity index (χ0n) is 24.5. The minimum absolute atomic E-state index is 0.0405. The Hall–Kier alpha value is -5.03. The predicted molar refractivity (Wildman–Crippen MR) is 166 cm³/mol. The number of thiazole rings is 1. The van der Waals surface area contributed by atoms with Crippen LogP contribution in [0.25, 0.3) is 6.08 Å². The normalized spacial score (nSPS) is 14.5. The number of rotatable bonds is 11. The average molecular weight is 614 g/mol. The quantitative estimate of drug-likeness (QED) is 0.100. The van der Waals surface area contributed by atoms with Crippen molar-refractivity contribution < 1.29 is 23.9 Å². The van der Waals surface area contributed by atoms with Crippen molar-refractivity contribution >= 4 is 29.1 Å². The van der Waals surface area contributed by atoms with Crippen LogP contribution >= 0.6 is 11.3 Å². The third-order valence-corrected chi connectivity index (χ3v) is 8.12. The Balaban J connectivity index is 1.64.